The molecule has 6 heteroatoms. The Hall–Kier alpha value is -2.31. The molecule has 0 bridgehead atoms. The first-order valence-corrected chi connectivity index (χ1v) is 8.31. The molecule has 25 heavy (non-hydrogen) atoms. The number of benzene rings is 1. The van der Waals surface area contributed by atoms with Crippen LogP contribution in [-0.4, -0.2) is 28.7 Å². The standard InChI is InChI=1S/C19H24FN3O2/c1-3-18(24)23-17(10-20)19(25)14-6-4-13(5-7-14)15-8-9-16(12(2)21)22-11-15/h4-9,11-12,17,19,25H,3,10,21H2,1-2H3,(H,23,24). The molecule has 0 aliphatic heterocycles. The first kappa shape index (κ1) is 19.0. The molecule has 2 rings (SSSR count). The van der Waals surface area contributed by atoms with E-state index in [2.05, 4.69) is 10.3 Å². The monoisotopic (exact) mass is 345 g/mol. The van der Waals surface area contributed by atoms with Gasteiger partial charge in [-0.3, -0.25) is 9.78 Å². The Bertz CT molecular complexity index is 687. The molecule has 0 spiro atoms. The second-order valence-corrected chi connectivity index (χ2v) is 6.01. The number of nitrogens with zero attached hydrogens (tertiary/aromatic N) is 1. The Morgan fingerprint density at radius 1 is 1.24 bits per heavy atom. The van der Waals surface area contributed by atoms with Gasteiger partial charge >= 0.3 is 0 Å². The minimum absolute atomic E-state index is 0.123. The third kappa shape index (κ3) is 4.84. The minimum Gasteiger partial charge on any atom is -0.386 e. The number of halogens is 1. The molecule has 0 saturated heterocycles. The zero-order valence-electron chi connectivity index (χ0n) is 14.4. The number of rotatable bonds is 7. The second kappa shape index (κ2) is 8.69. The smallest absolute Gasteiger partial charge is 0.220 e. The van der Waals surface area contributed by atoms with E-state index in [0.717, 1.165) is 16.8 Å². The lowest BCUT2D eigenvalue weighted by Crippen LogP contribution is -2.40. The molecule has 0 saturated carbocycles. The Morgan fingerprint density at radius 3 is 2.36 bits per heavy atom. The van der Waals surface area contributed by atoms with Gasteiger partial charge in [-0.2, -0.15) is 0 Å². The molecule has 0 aliphatic carbocycles. The van der Waals surface area contributed by atoms with Crippen molar-refractivity contribution in [3.05, 3.63) is 53.9 Å². The summed E-state index contributed by atoms with van der Waals surface area (Å²) in [7, 11) is 0. The Morgan fingerprint density at radius 2 is 1.88 bits per heavy atom. The van der Waals surface area contributed by atoms with Gasteiger partial charge in [0.15, 0.2) is 0 Å². The van der Waals surface area contributed by atoms with E-state index in [-0.39, 0.29) is 18.4 Å². The van der Waals surface area contributed by atoms with E-state index in [4.69, 9.17) is 5.73 Å². The van der Waals surface area contributed by atoms with Gasteiger partial charge in [-0.1, -0.05) is 37.3 Å². The van der Waals surface area contributed by atoms with E-state index in [0.29, 0.717) is 5.56 Å². The number of aromatic nitrogens is 1. The lowest BCUT2D eigenvalue weighted by molar-refractivity contribution is -0.122. The third-order valence-electron chi connectivity index (χ3n) is 4.05. The van der Waals surface area contributed by atoms with Crippen LogP contribution in [0.5, 0.6) is 0 Å². The van der Waals surface area contributed by atoms with Crippen molar-refractivity contribution in [1.82, 2.24) is 10.3 Å². The number of pyridine rings is 1. The van der Waals surface area contributed by atoms with Crippen LogP contribution in [-0.2, 0) is 4.79 Å². The average Bonchev–Trinajstić information content (AvgIpc) is 2.65. The van der Waals surface area contributed by atoms with Crippen LogP contribution in [0.1, 0.15) is 43.7 Å². The van der Waals surface area contributed by atoms with Crippen molar-refractivity contribution >= 4 is 5.91 Å². The van der Waals surface area contributed by atoms with Crippen molar-refractivity contribution in [1.29, 1.82) is 0 Å². The molecule has 2 aromatic rings. The number of aliphatic hydroxyl groups is 1. The predicted octanol–water partition coefficient (Wildman–Crippen LogP) is 2.67. The van der Waals surface area contributed by atoms with E-state index in [1.54, 1.807) is 25.3 Å². The number of hydrogen-bond acceptors (Lipinski definition) is 4. The van der Waals surface area contributed by atoms with Crippen molar-refractivity contribution in [3.8, 4) is 11.1 Å². The first-order chi connectivity index (χ1) is 12.0. The Balaban J connectivity index is 2.14. The van der Waals surface area contributed by atoms with Crippen LogP contribution in [0.25, 0.3) is 11.1 Å². The lowest BCUT2D eigenvalue weighted by atomic mass is 9.99. The minimum atomic E-state index is -1.10. The van der Waals surface area contributed by atoms with E-state index in [1.807, 2.05) is 31.2 Å². The molecule has 3 unspecified atom stereocenters. The fraction of sp³-hybridized carbons (Fsp3) is 0.368. The highest BCUT2D eigenvalue weighted by atomic mass is 19.1. The highest BCUT2D eigenvalue weighted by Gasteiger charge is 2.22. The van der Waals surface area contributed by atoms with Gasteiger partial charge in [-0.15, -0.1) is 0 Å². The van der Waals surface area contributed by atoms with Gasteiger partial charge in [-0.25, -0.2) is 4.39 Å². The Labute approximate surface area is 147 Å². The predicted molar refractivity (Wildman–Crippen MR) is 95.4 cm³/mol. The van der Waals surface area contributed by atoms with Gasteiger partial charge in [0.25, 0.3) is 0 Å². The van der Waals surface area contributed by atoms with Crippen LogP contribution >= 0.6 is 0 Å². The van der Waals surface area contributed by atoms with Crippen LogP contribution < -0.4 is 11.1 Å². The van der Waals surface area contributed by atoms with E-state index in [9.17, 15) is 14.3 Å². The lowest BCUT2D eigenvalue weighted by Gasteiger charge is -2.22. The van der Waals surface area contributed by atoms with Gasteiger partial charge in [0.1, 0.15) is 12.8 Å². The summed E-state index contributed by atoms with van der Waals surface area (Å²) >= 11 is 0. The summed E-state index contributed by atoms with van der Waals surface area (Å²) in [5.74, 6) is -0.293. The summed E-state index contributed by atoms with van der Waals surface area (Å²) < 4.78 is 13.1. The maximum Gasteiger partial charge on any atom is 0.220 e. The molecule has 3 atom stereocenters. The summed E-state index contributed by atoms with van der Waals surface area (Å²) in [5.41, 5.74) is 9.00. The van der Waals surface area contributed by atoms with Crippen LogP contribution in [0.3, 0.4) is 0 Å². The van der Waals surface area contributed by atoms with Crippen molar-refractivity contribution in [2.45, 2.75) is 38.5 Å². The number of carbonyl (C=O) groups is 1. The number of alkyl halides is 1. The molecular weight excluding hydrogens is 321 g/mol. The van der Waals surface area contributed by atoms with Crippen molar-refractivity contribution in [2.75, 3.05) is 6.67 Å². The van der Waals surface area contributed by atoms with Gasteiger partial charge < -0.3 is 16.2 Å². The Kier molecular flexibility index (Phi) is 6.61. The summed E-state index contributed by atoms with van der Waals surface area (Å²) in [4.78, 5) is 15.8. The zero-order chi connectivity index (χ0) is 18.4. The van der Waals surface area contributed by atoms with Crippen LogP contribution in [0.2, 0.25) is 0 Å². The van der Waals surface area contributed by atoms with E-state index in [1.165, 1.54) is 0 Å². The van der Waals surface area contributed by atoms with Crippen molar-refractivity contribution < 1.29 is 14.3 Å². The molecule has 5 nitrogen and oxygen atoms in total. The molecule has 1 amide bonds. The zero-order valence-corrected chi connectivity index (χ0v) is 14.4. The normalized spacial score (nSPS) is 14.6. The SMILES string of the molecule is CCC(=O)NC(CF)C(O)c1ccc(-c2ccc(C(C)N)nc2)cc1. The quantitative estimate of drug-likeness (QED) is 0.720. The van der Waals surface area contributed by atoms with E-state index < -0.39 is 18.8 Å². The molecule has 1 heterocycles. The van der Waals surface area contributed by atoms with E-state index >= 15 is 0 Å². The van der Waals surface area contributed by atoms with Crippen LogP contribution in [0.15, 0.2) is 42.6 Å². The first-order valence-electron chi connectivity index (χ1n) is 8.31. The molecule has 134 valence electrons. The number of amides is 1. The molecule has 0 radical (unpaired) electrons. The number of nitrogens with two attached hydrogens (primary N) is 1. The number of hydrogen-bond donors (Lipinski definition) is 3. The van der Waals surface area contributed by atoms with Gasteiger partial charge in [0.2, 0.25) is 5.91 Å². The highest BCUT2D eigenvalue weighted by Crippen LogP contribution is 2.24. The van der Waals surface area contributed by atoms with Crippen molar-refractivity contribution in [2.24, 2.45) is 5.73 Å². The molecule has 1 aromatic carbocycles. The van der Waals surface area contributed by atoms with Crippen LogP contribution in [0.4, 0.5) is 4.39 Å². The molecular formula is C19H24FN3O2. The van der Waals surface area contributed by atoms with Crippen molar-refractivity contribution in [3.63, 3.8) is 0 Å². The third-order valence-corrected chi connectivity index (χ3v) is 4.05. The summed E-state index contributed by atoms with van der Waals surface area (Å²) in [5, 5.41) is 12.8. The summed E-state index contributed by atoms with van der Waals surface area (Å²) in [6.45, 7) is 2.71. The number of nitrogens with one attached hydrogen (secondary N) is 1. The maximum absolute atomic E-state index is 13.1. The fourth-order valence-corrected chi connectivity index (χ4v) is 2.46. The summed E-state index contributed by atoms with van der Waals surface area (Å²) in [6, 6.07) is 9.84. The largest absolute Gasteiger partial charge is 0.386 e. The van der Waals surface area contributed by atoms with Gasteiger partial charge in [0, 0.05) is 24.2 Å². The van der Waals surface area contributed by atoms with Gasteiger partial charge in [0.05, 0.1) is 11.7 Å². The average molecular weight is 345 g/mol. The number of carbonyl (C=O) groups excluding carboxylic acids is 1. The second-order valence-electron chi connectivity index (χ2n) is 6.01. The molecule has 0 aliphatic rings. The number of aliphatic hydroxyl groups excluding tert-OH is 1. The van der Waals surface area contributed by atoms with Crippen LogP contribution in [0, 0.1) is 0 Å². The molecule has 1 aromatic heterocycles. The molecule has 0 fully saturated rings. The summed E-state index contributed by atoms with van der Waals surface area (Å²) in [6.07, 6.45) is 0.885. The topological polar surface area (TPSA) is 88.2 Å². The molecule has 4 N–H and O–H groups in total. The van der Waals surface area contributed by atoms with Gasteiger partial charge in [-0.05, 0) is 24.1 Å². The highest BCUT2D eigenvalue weighted by molar-refractivity contribution is 5.76. The maximum atomic E-state index is 13.1. The fourth-order valence-electron chi connectivity index (χ4n) is 2.46.